The molecule has 282 valence electrons. The first-order chi connectivity index (χ1) is 23.8. The van der Waals surface area contributed by atoms with Crippen molar-refractivity contribution in [1.29, 1.82) is 0 Å². The molecule has 1 heterocycles. The number of alkyl halides is 8. The second-order valence-corrected chi connectivity index (χ2v) is 15.1. The minimum absolute atomic E-state index is 0.0651. The number of likely N-dealkylation sites (tertiary alicyclic amines) is 1. The third-order valence-corrected chi connectivity index (χ3v) is 11.4. The summed E-state index contributed by atoms with van der Waals surface area (Å²) in [7, 11) is -5.70. The van der Waals surface area contributed by atoms with Gasteiger partial charge in [-0.1, -0.05) is 43.5 Å². The monoisotopic (exact) mass is 755 g/mol. The molecule has 1 atom stereocenters. The van der Waals surface area contributed by atoms with Crippen LogP contribution in [0.1, 0.15) is 68.9 Å². The first-order valence-electron chi connectivity index (χ1n) is 16.4. The minimum Gasteiger partial charge on any atom is -0.493 e. The molecule has 5 rings (SSSR count). The zero-order valence-corrected chi connectivity index (χ0v) is 28.0. The molecule has 9 nitrogen and oxygen atoms in total. The van der Waals surface area contributed by atoms with E-state index in [1.165, 1.54) is 0 Å². The fourth-order valence-electron chi connectivity index (χ4n) is 6.45. The number of benzene rings is 2. The standard InChI is InChI=1S/C33H37F8N3O6S/c34-31(35,23-8-6-22(7-9-23)30(16-17-30)33(39,40)41)27(28(45)43-18-14-24(42)15-19-43)44(50-29(46)32(36,37)38)51(47,48)26-12-10-25(11-13-26)49-20-21-4-2-1-3-5-21/h6-13,21,24,27H,1-5,14-20,42H2/t27-/m0/s1. The molecule has 1 saturated heterocycles. The molecular formula is C33H37F8N3O6S. The lowest BCUT2D eigenvalue weighted by atomic mass is 9.90. The predicted molar refractivity (Wildman–Crippen MR) is 165 cm³/mol. The van der Waals surface area contributed by atoms with Crippen molar-refractivity contribution in [3.63, 3.8) is 0 Å². The van der Waals surface area contributed by atoms with Crippen molar-refractivity contribution in [1.82, 2.24) is 9.37 Å². The summed E-state index contributed by atoms with van der Waals surface area (Å²) in [5, 5.41) is 0. The summed E-state index contributed by atoms with van der Waals surface area (Å²) in [6, 6.07) is 2.53. The van der Waals surface area contributed by atoms with Gasteiger partial charge in [-0.2, -0.15) is 35.1 Å². The van der Waals surface area contributed by atoms with Gasteiger partial charge in [-0.3, -0.25) is 4.79 Å². The van der Waals surface area contributed by atoms with E-state index < -0.39 is 72.6 Å². The fourth-order valence-corrected chi connectivity index (χ4v) is 7.81. The van der Waals surface area contributed by atoms with Gasteiger partial charge in [-0.05, 0) is 78.7 Å². The summed E-state index contributed by atoms with van der Waals surface area (Å²) in [4.78, 5) is 30.0. The van der Waals surface area contributed by atoms with Crippen molar-refractivity contribution >= 4 is 21.9 Å². The molecule has 0 unspecified atom stereocenters. The number of amides is 1. The van der Waals surface area contributed by atoms with Crippen LogP contribution in [-0.2, 0) is 35.8 Å². The number of rotatable bonds is 11. The van der Waals surface area contributed by atoms with Gasteiger partial charge in [0.25, 0.3) is 15.9 Å². The second kappa shape index (κ2) is 14.5. The second-order valence-electron chi connectivity index (χ2n) is 13.3. The van der Waals surface area contributed by atoms with Crippen LogP contribution in [0.2, 0.25) is 0 Å². The number of ether oxygens (including phenoxy) is 1. The van der Waals surface area contributed by atoms with E-state index in [0.717, 1.165) is 73.4 Å². The van der Waals surface area contributed by atoms with Gasteiger partial charge in [0.15, 0.2) is 0 Å². The van der Waals surface area contributed by atoms with Crippen LogP contribution in [0.4, 0.5) is 35.1 Å². The summed E-state index contributed by atoms with van der Waals surface area (Å²) < 4.78 is 148. The van der Waals surface area contributed by atoms with E-state index in [1.807, 2.05) is 0 Å². The molecule has 0 aromatic heterocycles. The Hall–Kier alpha value is -3.51. The smallest absolute Gasteiger partial charge is 0.492 e. The van der Waals surface area contributed by atoms with Gasteiger partial charge >= 0.3 is 24.2 Å². The van der Waals surface area contributed by atoms with Gasteiger partial charge in [0.1, 0.15) is 5.75 Å². The van der Waals surface area contributed by atoms with E-state index >= 15 is 8.78 Å². The molecule has 1 aliphatic heterocycles. The first-order valence-corrected chi connectivity index (χ1v) is 17.9. The number of halogens is 8. The predicted octanol–water partition coefficient (Wildman–Crippen LogP) is 6.36. The Labute approximate surface area is 289 Å². The average Bonchev–Trinajstić information content (AvgIpc) is 3.90. The highest BCUT2D eigenvalue weighted by Crippen LogP contribution is 2.59. The molecule has 2 aromatic rings. The summed E-state index contributed by atoms with van der Waals surface area (Å²) in [5.74, 6) is -9.31. The number of hydrogen-bond donors (Lipinski definition) is 1. The third kappa shape index (κ3) is 8.27. The lowest BCUT2D eigenvalue weighted by molar-refractivity contribution is -0.239. The Morgan fingerprint density at radius 3 is 1.94 bits per heavy atom. The maximum Gasteiger partial charge on any atom is 0.492 e. The van der Waals surface area contributed by atoms with Crippen LogP contribution in [0.15, 0.2) is 53.4 Å². The highest BCUT2D eigenvalue weighted by Gasteiger charge is 2.64. The van der Waals surface area contributed by atoms with Crippen molar-refractivity contribution in [3.05, 3.63) is 59.7 Å². The van der Waals surface area contributed by atoms with E-state index in [4.69, 9.17) is 10.5 Å². The number of carbonyl (C=O) groups excluding carboxylic acids is 2. The molecule has 1 amide bonds. The lowest BCUT2D eigenvalue weighted by Crippen LogP contribution is -2.60. The van der Waals surface area contributed by atoms with E-state index in [1.54, 1.807) is 0 Å². The molecule has 0 spiro atoms. The number of nitrogens with zero attached hydrogens (tertiary/aromatic N) is 2. The van der Waals surface area contributed by atoms with Crippen LogP contribution >= 0.6 is 0 Å². The van der Waals surface area contributed by atoms with Gasteiger partial charge in [-0.25, -0.2) is 13.2 Å². The number of carbonyl (C=O) groups is 2. The number of sulfonamides is 1. The van der Waals surface area contributed by atoms with E-state index in [2.05, 4.69) is 4.84 Å². The van der Waals surface area contributed by atoms with E-state index in [0.29, 0.717) is 18.7 Å². The highest BCUT2D eigenvalue weighted by molar-refractivity contribution is 7.89. The summed E-state index contributed by atoms with van der Waals surface area (Å²) in [6.45, 7) is -0.298. The van der Waals surface area contributed by atoms with Crippen molar-refractivity contribution in [2.75, 3.05) is 19.7 Å². The van der Waals surface area contributed by atoms with Crippen LogP contribution in [0, 0.1) is 5.92 Å². The van der Waals surface area contributed by atoms with E-state index in [9.17, 15) is 44.3 Å². The normalized spacial score (nSPS) is 19.8. The molecule has 3 fully saturated rings. The molecule has 51 heavy (non-hydrogen) atoms. The number of piperidine rings is 1. The van der Waals surface area contributed by atoms with Gasteiger partial charge < -0.3 is 20.2 Å². The average molecular weight is 756 g/mol. The highest BCUT2D eigenvalue weighted by atomic mass is 32.2. The van der Waals surface area contributed by atoms with Crippen molar-refractivity contribution < 1.29 is 62.7 Å². The number of hydroxylamine groups is 1. The minimum atomic E-state index is -5.90. The Balaban J connectivity index is 1.55. The van der Waals surface area contributed by atoms with Crippen LogP contribution in [-0.4, -0.2) is 73.8 Å². The molecular weight excluding hydrogens is 718 g/mol. The Morgan fingerprint density at radius 2 is 1.43 bits per heavy atom. The number of nitrogens with two attached hydrogens (primary N) is 1. The molecule has 2 saturated carbocycles. The molecule has 3 aliphatic rings. The zero-order chi connectivity index (χ0) is 37.4. The van der Waals surface area contributed by atoms with Gasteiger partial charge in [-0.15, -0.1) is 0 Å². The van der Waals surface area contributed by atoms with Crippen molar-refractivity contribution in [3.8, 4) is 5.75 Å². The molecule has 0 radical (unpaired) electrons. The topological polar surface area (TPSA) is 119 Å². The summed E-state index contributed by atoms with van der Waals surface area (Å²) in [5.41, 5.74) is 1.98. The van der Waals surface area contributed by atoms with Crippen LogP contribution in [0.5, 0.6) is 5.75 Å². The zero-order valence-electron chi connectivity index (χ0n) is 27.2. The Morgan fingerprint density at radius 1 is 0.863 bits per heavy atom. The fraction of sp³-hybridized carbons (Fsp3) is 0.576. The maximum absolute atomic E-state index is 16.7. The SMILES string of the molecule is NC1CCN(C(=O)[C@H](N(OC(=O)C(F)(F)F)S(=O)(=O)c2ccc(OCC3CCCCC3)cc2)C(F)(F)c2ccc(C3(C(F)(F)F)CC3)cc2)CC1. The van der Waals surface area contributed by atoms with Crippen molar-refractivity contribution in [2.45, 2.75) is 98.5 Å². The maximum atomic E-state index is 16.7. The molecule has 2 aliphatic carbocycles. The molecule has 2 N–H and O–H groups in total. The Bertz CT molecular complexity index is 1650. The molecule has 0 bridgehead atoms. The summed E-state index contributed by atoms with van der Waals surface area (Å²) in [6.07, 6.45) is -6.13. The van der Waals surface area contributed by atoms with Crippen LogP contribution in [0.3, 0.4) is 0 Å². The summed E-state index contributed by atoms with van der Waals surface area (Å²) >= 11 is 0. The van der Waals surface area contributed by atoms with Gasteiger partial charge in [0.05, 0.1) is 16.9 Å². The quantitative estimate of drug-likeness (QED) is 0.210. The van der Waals surface area contributed by atoms with Gasteiger partial charge in [0, 0.05) is 24.7 Å². The lowest BCUT2D eigenvalue weighted by Gasteiger charge is -2.38. The van der Waals surface area contributed by atoms with Gasteiger partial charge in [0.2, 0.25) is 6.04 Å². The van der Waals surface area contributed by atoms with E-state index in [-0.39, 0.29) is 56.0 Å². The van der Waals surface area contributed by atoms with Crippen molar-refractivity contribution in [2.24, 2.45) is 11.7 Å². The Kier molecular flexibility index (Phi) is 11.0. The van der Waals surface area contributed by atoms with Crippen LogP contribution in [0.25, 0.3) is 0 Å². The first kappa shape index (κ1) is 38.7. The van der Waals surface area contributed by atoms with Crippen LogP contribution < -0.4 is 10.5 Å². The molecule has 2 aromatic carbocycles. The number of hydrogen-bond acceptors (Lipinski definition) is 7. The largest absolute Gasteiger partial charge is 0.493 e. The third-order valence-electron chi connectivity index (χ3n) is 9.73. The molecule has 18 heteroatoms.